The zero-order valence-electron chi connectivity index (χ0n) is 15.4. The van der Waals surface area contributed by atoms with Gasteiger partial charge in [-0.05, 0) is 42.2 Å². The monoisotopic (exact) mass is 463 g/mol. The van der Waals surface area contributed by atoms with Crippen LogP contribution >= 0.6 is 24.0 Å². The van der Waals surface area contributed by atoms with Gasteiger partial charge in [-0.25, -0.2) is 9.98 Å². The largest absolute Gasteiger partial charge is 0.370 e. The fourth-order valence-corrected chi connectivity index (χ4v) is 2.81. The van der Waals surface area contributed by atoms with Crippen LogP contribution in [0.2, 0.25) is 0 Å². The molecule has 1 aromatic heterocycles. The van der Waals surface area contributed by atoms with Crippen LogP contribution in [0.5, 0.6) is 0 Å². The number of hydrogen-bond acceptors (Lipinski definition) is 2. The van der Waals surface area contributed by atoms with Gasteiger partial charge in [-0.1, -0.05) is 38.1 Å². The third-order valence-electron chi connectivity index (χ3n) is 4.64. The maximum Gasteiger partial charge on any atom is 0.193 e. The number of guanidine groups is 1. The van der Waals surface area contributed by atoms with E-state index >= 15 is 0 Å². The number of rotatable bonds is 5. The summed E-state index contributed by atoms with van der Waals surface area (Å²) >= 11 is 0. The van der Waals surface area contributed by atoms with Gasteiger partial charge in [0, 0.05) is 12.7 Å². The summed E-state index contributed by atoms with van der Waals surface area (Å²) in [6, 6.07) is 16.4. The highest BCUT2D eigenvalue weighted by molar-refractivity contribution is 14.0. The van der Waals surface area contributed by atoms with E-state index in [1.54, 1.807) is 0 Å². The molecule has 3 aromatic rings. The molecule has 0 aliphatic rings. The van der Waals surface area contributed by atoms with Gasteiger partial charge in [-0.2, -0.15) is 0 Å². The summed E-state index contributed by atoms with van der Waals surface area (Å²) in [6.45, 7) is 4.87. The van der Waals surface area contributed by atoms with Gasteiger partial charge in [0.2, 0.25) is 0 Å². The van der Waals surface area contributed by atoms with Gasteiger partial charge in [0.1, 0.15) is 12.4 Å². The molecule has 0 aliphatic heterocycles. The Balaban J connectivity index is 0.00000243. The second-order valence-electron chi connectivity index (χ2n) is 6.33. The normalized spacial score (nSPS) is 12.7. The summed E-state index contributed by atoms with van der Waals surface area (Å²) in [6.07, 6.45) is 1.13. The first-order valence-electron chi connectivity index (χ1n) is 8.65. The average molecular weight is 463 g/mol. The lowest BCUT2D eigenvalue weighted by Gasteiger charge is -2.10. The third kappa shape index (κ3) is 4.55. The first-order chi connectivity index (χ1) is 12.1. The molecule has 6 heteroatoms. The maximum absolute atomic E-state index is 6.02. The topological polar surface area (TPSA) is 68.2 Å². The number of nitrogens with one attached hydrogen (secondary N) is 1. The van der Waals surface area contributed by atoms with Crippen LogP contribution in [0, 0.1) is 0 Å². The molecule has 3 N–H and O–H groups in total. The second-order valence-corrected chi connectivity index (χ2v) is 6.33. The van der Waals surface area contributed by atoms with Crippen LogP contribution in [0.25, 0.3) is 11.0 Å². The molecule has 0 bridgehead atoms. The van der Waals surface area contributed by atoms with E-state index in [0.717, 1.165) is 29.0 Å². The predicted octanol–water partition coefficient (Wildman–Crippen LogP) is 4.63. The van der Waals surface area contributed by atoms with Crippen LogP contribution in [-0.2, 0) is 13.6 Å². The quantitative estimate of drug-likeness (QED) is 0.329. The first kappa shape index (κ1) is 20.2. The van der Waals surface area contributed by atoms with Crippen molar-refractivity contribution >= 4 is 46.7 Å². The Labute approximate surface area is 171 Å². The molecular formula is C20H26IN5. The lowest BCUT2D eigenvalue weighted by atomic mass is 9.99. The van der Waals surface area contributed by atoms with Crippen molar-refractivity contribution in [1.82, 2.24) is 9.55 Å². The number of nitrogens with zero attached hydrogens (tertiary/aromatic N) is 3. The number of halogens is 1. The SMILES string of the molecule is CCC(C)c1ccc(NC(N)=NCc2nc3ccccc3n2C)cc1.I. The van der Waals surface area contributed by atoms with E-state index in [9.17, 15) is 0 Å². The maximum atomic E-state index is 6.02. The zero-order valence-corrected chi connectivity index (χ0v) is 17.8. The highest BCUT2D eigenvalue weighted by Crippen LogP contribution is 2.20. The van der Waals surface area contributed by atoms with E-state index in [2.05, 4.69) is 47.3 Å². The predicted molar refractivity (Wildman–Crippen MR) is 120 cm³/mol. The van der Waals surface area contributed by atoms with Gasteiger partial charge >= 0.3 is 0 Å². The molecule has 138 valence electrons. The molecule has 1 heterocycles. The van der Waals surface area contributed by atoms with Crippen molar-refractivity contribution < 1.29 is 0 Å². The number of nitrogens with two attached hydrogens (primary N) is 1. The van der Waals surface area contributed by atoms with E-state index in [4.69, 9.17) is 5.73 Å². The minimum Gasteiger partial charge on any atom is -0.370 e. The highest BCUT2D eigenvalue weighted by atomic mass is 127. The van der Waals surface area contributed by atoms with E-state index in [-0.39, 0.29) is 24.0 Å². The molecule has 0 saturated carbocycles. The van der Waals surface area contributed by atoms with Crippen molar-refractivity contribution in [2.24, 2.45) is 17.8 Å². The van der Waals surface area contributed by atoms with Crippen molar-refractivity contribution in [1.29, 1.82) is 0 Å². The number of para-hydroxylation sites is 2. The Kier molecular flexibility index (Phi) is 7.02. The average Bonchev–Trinajstić information content (AvgIpc) is 2.96. The Hall–Kier alpha value is -2.09. The van der Waals surface area contributed by atoms with E-state index in [1.165, 1.54) is 5.56 Å². The molecule has 26 heavy (non-hydrogen) atoms. The number of anilines is 1. The summed E-state index contributed by atoms with van der Waals surface area (Å²) in [7, 11) is 2.00. The number of imidazole rings is 1. The summed E-state index contributed by atoms with van der Waals surface area (Å²) in [4.78, 5) is 9.02. The molecule has 3 rings (SSSR count). The summed E-state index contributed by atoms with van der Waals surface area (Å²) < 4.78 is 2.05. The van der Waals surface area contributed by atoms with Crippen LogP contribution in [-0.4, -0.2) is 15.5 Å². The van der Waals surface area contributed by atoms with Crippen molar-refractivity contribution in [3.8, 4) is 0 Å². The fourth-order valence-electron chi connectivity index (χ4n) is 2.81. The first-order valence-corrected chi connectivity index (χ1v) is 8.65. The standard InChI is InChI=1S/C20H25N5.HI/c1-4-14(2)15-9-11-16(12-10-15)23-20(21)22-13-19-24-17-7-5-6-8-18(17)25(19)3;/h5-12,14H,4,13H2,1-3H3,(H3,21,22,23);1H. The minimum absolute atomic E-state index is 0. The van der Waals surface area contributed by atoms with E-state index in [1.807, 2.05) is 41.9 Å². The number of hydrogen-bond donors (Lipinski definition) is 2. The fraction of sp³-hybridized carbons (Fsp3) is 0.300. The molecule has 0 saturated heterocycles. The summed E-state index contributed by atoms with van der Waals surface area (Å²) in [5.41, 5.74) is 10.4. The van der Waals surface area contributed by atoms with Gasteiger partial charge in [0.05, 0.1) is 11.0 Å². The Morgan fingerprint density at radius 1 is 1.19 bits per heavy atom. The zero-order chi connectivity index (χ0) is 17.8. The molecule has 1 atom stereocenters. The number of aryl methyl sites for hydroxylation is 1. The van der Waals surface area contributed by atoms with Crippen molar-refractivity contribution in [3.63, 3.8) is 0 Å². The molecule has 0 spiro atoms. The van der Waals surface area contributed by atoms with Gasteiger partial charge in [0.15, 0.2) is 5.96 Å². The number of aromatic nitrogens is 2. The Morgan fingerprint density at radius 2 is 1.88 bits per heavy atom. The molecule has 0 radical (unpaired) electrons. The number of benzene rings is 2. The van der Waals surface area contributed by atoms with Crippen LogP contribution < -0.4 is 11.1 Å². The second kappa shape index (κ2) is 9.02. The molecule has 0 aliphatic carbocycles. The van der Waals surface area contributed by atoms with Crippen LogP contribution in [0.3, 0.4) is 0 Å². The molecule has 0 fully saturated rings. The minimum atomic E-state index is 0. The van der Waals surface area contributed by atoms with Gasteiger partial charge < -0.3 is 15.6 Å². The highest BCUT2D eigenvalue weighted by Gasteiger charge is 2.07. The Bertz CT molecular complexity index is 883. The van der Waals surface area contributed by atoms with E-state index < -0.39 is 0 Å². The van der Waals surface area contributed by atoms with Crippen LogP contribution in [0.15, 0.2) is 53.5 Å². The third-order valence-corrected chi connectivity index (χ3v) is 4.64. The van der Waals surface area contributed by atoms with Gasteiger partial charge in [-0.15, -0.1) is 24.0 Å². The molecule has 1 unspecified atom stereocenters. The number of fused-ring (bicyclic) bond motifs is 1. The lowest BCUT2D eigenvalue weighted by Crippen LogP contribution is -2.22. The lowest BCUT2D eigenvalue weighted by molar-refractivity contribution is 0.734. The van der Waals surface area contributed by atoms with Crippen LogP contribution in [0.4, 0.5) is 5.69 Å². The van der Waals surface area contributed by atoms with Crippen molar-refractivity contribution in [3.05, 3.63) is 59.9 Å². The van der Waals surface area contributed by atoms with Gasteiger partial charge in [-0.3, -0.25) is 0 Å². The van der Waals surface area contributed by atoms with E-state index in [0.29, 0.717) is 18.4 Å². The smallest absolute Gasteiger partial charge is 0.193 e. The van der Waals surface area contributed by atoms with Crippen molar-refractivity contribution in [2.75, 3.05) is 5.32 Å². The van der Waals surface area contributed by atoms with Crippen LogP contribution in [0.1, 0.15) is 37.6 Å². The van der Waals surface area contributed by atoms with Gasteiger partial charge in [0.25, 0.3) is 0 Å². The van der Waals surface area contributed by atoms with Crippen molar-refractivity contribution in [2.45, 2.75) is 32.7 Å². The molecule has 5 nitrogen and oxygen atoms in total. The summed E-state index contributed by atoms with van der Waals surface area (Å²) in [5, 5.41) is 3.14. The number of aliphatic imine (C=N–C) groups is 1. The Morgan fingerprint density at radius 3 is 2.54 bits per heavy atom. The summed E-state index contributed by atoms with van der Waals surface area (Å²) in [5.74, 6) is 1.85. The molecule has 2 aromatic carbocycles. The molecular weight excluding hydrogens is 437 g/mol. The molecule has 0 amide bonds.